The zero-order valence-electron chi connectivity index (χ0n) is 10.5. The van der Waals surface area contributed by atoms with E-state index in [1.54, 1.807) is 12.3 Å². The highest BCUT2D eigenvalue weighted by Gasteiger charge is 2.11. The summed E-state index contributed by atoms with van der Waals surface area (Å²) in [6.07, 6.45) is 1.60. The number of nitrogens with zero attached hydrogens (tertiary/aromatic N) is 1. The molecule has 0 aliphatic rings. The Morgan fingerprint density at radius 3 is 2.67 bits per heavy atom. The lowest BCUT2D eigenvalue weighted by Gasteiger charge is -2.13. The molecule has 21 heavy (non-hydrogen) atoms. The summed E-state index contributed by atoms with van der Waals surface area (Å²) in [6, 6.07) is 6.26. The fourth-order valence-electron chi connectivity index (χ4n) is 1.52. The zero-order chi connectivity index (χ0) is 15.4. The van der Waals surface area contributed by atoms with E-state index in [2.05, 4.69) is 15.6 Å². The Morgan fingerprint density at radius 2 is 1.95 bits per heavy atom. The lowest BCUT2D eigenvalue weighted by molar-refractivity contribution is 0.628. The average molecular weight is 365 g/mol. The molecule has 1 aromatic carbocycles. The summed E-state index contributed by atoms with van der Waals surface area (Å²) in [5.41, 5.74) is 1.21. The molecule has 1 aromatic heterocycles. The Kier molecular flexibility index (Phi) is 5.58. The number of rotatable bonds is 3. The van der Waals surface area contributed by atoms with Gasteiger partial charge in [0, 0.05) is 18.3 Å². The fraction of sp³-hybridized carbons (Fsp3) is 0.0769. The first-order chi connectivity index (χ1) is 9.99. The minimum Gasteiger partial charge on any atom is -0.358 e. The van der Waals surface area contributed by atoms with Crippen molar-refractivity contribution in [2.45, 2.75) is 6.54 Å². The minimum atomic E-state index is -0.590. The lowest BCUT2D eigenvalue weighted by atomic mass is 10.3. The summed E-state index contributed by atoms with van der Waals surface area (Å²) in [5.74, 6) is -0.590. The molecule has 8 heteroatoms. The highest BCUT2D eigenvalue weighted by atomic mass is 35.5. The Labute approximate surface area is 141 Å². The number of thiocarbonyl (C=S) groups is 1. The Balaban J connectivity index is 2.00. The third-order valence-electron chi connectivity index (χ3n) is 2.56. The van der Waals surface area contributed by atoms with Gasteiger partial charge in [-0.1, -0.05) is 40.9 Å². The molecule has 2 aromatic rings. The van der Waals surface area contributed by atoms with Crippen molar-refractivity contribution in [2.75, 3.05) is 5.32 Å². The molecule has 0 spiro atoms. The van der Waals surface area contributed by atoms with Crippen LogP contribution in [0, 0.1) is 5.82 Å². The van der Waals surface area contributed by atoms with Crippen molar-refractivity contribution in [1.82, 2.24) is 10.3 Å². The molecule has 0 aliphatic heterocycles. The Bertz CT molecular complexity index is 682. The number of hydrogen-bond acceptors (Lipinski definition) is 2. The number of benzene rings is 1. The van der Waals surface area contributed by atoms with Gasteiger partial charge in [0.15, 0.2) is 5.11 Å². The molecule has 110 valence electrons. The highest BCUT2D eigenvalue weighted by molar-refractivity contribution is 7.80. The van der Waals surface area contributed by atoms with Crippen LogP contribution in [0.15, 0.2) is 30.5 Å². The van der Waals surface area contributed by atoms with Gasteiger partial charge in [-0.05, 0) is 30.4 Å². The quantitative estimate of drug-likeness (QED) is 0.471. The van der Waals surface area contributed by atoms with E-state index in [9.17, 15) is 4.39 Å². The van der Waals surface area contributed by atoms with Crippen molar-refractivity contribution in [3.63, 3.8) is 0 Å². The second-order valence-electron chi connectivity index (χ2n) is 3.98. The molecule has 0 unspecified atom stereocenters. The van der Waals surface area contributed by atoms with E-state index in [0.717, 1.165) is 5.56 Å². The third kappa shape index (κ3) is 4.17. The first-order valence-electron chi connectivity index (χ1n) is 5.76. The second kappa shape index (κ2) is 7.22. The van der Waals surface area contributed by atoms with Gasteiger partial charge in [0.1, 0.15) is 11.0 Å². The summed E-state index contributed by atoms with van der Waals surface area (Å²) in [7, 11) is 0. The first-order valence-corrected chi connectivity index (χ1v) is 7.31. The largest absolute Gasteiger partial charge is 0.358 e. The van der Waals surface area contributed by atoms with E-state index in [-0.39, 0.29) is 10.0 Å². The predicted octanol–water partition coefficient (Wildman–Crippen LogP) is 4.67. The van der Waals surface area contributed by atoms with Crippen molar-refractivity contribution >= 4 is 57.8 Å². The lowest BCUT2D eigenvalue weighted by Crippen LogP contribution is -2.28. The van der Waals surface area contributed by atoms with Crippen LogP contribution in [0.2, 0.25) is 15.2 Å². The summed E-state index contributed by atoms with van der Waals surface area (Å²) < 4.78 is 13.2. The van der Waals surface area contributed by atoms with Gasteiger partial charge in [-0.25, -0.2) is 9.37 Å². The molecule has 0 fully saturated rings. The van der Waals surface area contributed by atoms with E-state index in [1.807, 2.05) is 6.07 Å². The SMILES string of the molecule is Fc1ccc(NC(=S)NCc2cccnc2Cl)c(Cl)c1Cl. The molecular weight excluding hydrogens is 356 g/mol. The summed E-state index contributed by atoms with van der Waals surface area (Å²) >= 11 is 22.7. The molecule has 0 aliphatic carbocycles. The van der Waals surface area contributed by atoms with Gasteiger partial charge in [0.05, 0.1) is 15.7 Å². The monoisotopic (exact) mass is 363 g/mol. The van der Waals surface area contributed by atoms with Crippen LogP contribution in [-0.4, -0.2) is 10.1 Å². The standard InChI is InChI=1S/C13H9Cl3FN3S/c14-10-8(17)3-4-9(11(10)15)20-13(21)19-6-7-2-1-5-18-12(7)16/h1-5H,6H2,(H2,19,20,21). The number of halogens is 4. The molecule has 0 saturated carbocycles. The van der Waals surface area contributed by atoms with Gasteiger partial charge in [-0.3, -0.25) is 0 Å². The summed E-state index contributed by atoms with van der Waals surface area (Å²) in [4.78, 5) is 3.96. The van der Waals surface area contributed by atoms with Crippen molar-refractivity contribution in [2.24, 2.45) is 0 Å². The molecule has 2 N–H and O–H groups in total. The van der Waals surface area contributed by atoms with E-state index < -0.39 is 5.82 Å². The molecule has 0 saturated heterocycles. The zero-order valence-corrected chi connectivity index (χ0v) is 13.5. The second-order valence-corrected chi connectivity index (χ2v) is 5.51. The molecular formula is C13H9Cl3FN3S. The average Bonchev–Trinajstić information content (AvgIpc) is 2.47. The molecule has 0 atom stereocenters. The van der Waals surface area contributed by atoms with Crippen molar-refractivity contribution < 1.29 is 4.39 Å². The molecule has 2 rings (SSSR count). The van der Waals surface area contributed by atoms with Crippen LogP contribution in [0.1, 0.15) is 5.56 Å². The smallest absolute Gasteiger partial charge is 0.171 e. The van der Waals surface area contributed by atoms with Crippen LogP contribution >= 0.6 is 47.0 Å². The predicted molar refractivity (Wildman–Crippen MR) is 88.7 cm³/mol. The maximum Gasteiger partial charge on any atom is 0.171 e. The maximum absolute atomic E-state index is 13.2. The molecule has 0 radical (unpaired) electrons. The molecule has 1 heterocycles. The van der Waals surface area contributed by atoms with Gasteiger partial charge in [0.25, 0.3) is 0 Å². The van der Waals surface area contributed by atoms with E-state index >= 15 is 0 Å². The number of nitrogens with one attached hydrogen (secondary N) is 2. The Morgan fingerprint density at radius 1 is 1.19 bits per heavy atom. The minimum absolute atomic E-state index is 0.0697. The number of pyridine rings is 1. The van der Waals surface area contributed by atoms with Crippen molar-refractivity contribution in [3.8, 4) is 0 Å². The van der Waals surface area contributed by atoms with E-state index in [1.165, 1.54) is 12.1 Å². The van der Waals surface area contributed by atoms with Gasteiger partial charge in [0.2, 0.25) is 0 Å². The summed E-state index contributed by atoms with van der Waals surface area (Å²) in [5, 5.41) is 6.41. The van der Waals surface area contributed by atoms with E-state index in [0.29, 0.717) is 22.5 Å². The van der Waals surface area contributed by atoms with Crippen LogP contribution in [0.3, 0.4) is 0 Å². The van der Waals surface area contributed by atoms with Crippen LogP contribution in [0.4, 0.5) is 10.1 Å². The molecule has 0 bridgehead atoms. The van der Waals surface area contributed by atoms with Gasteiger partial charge < -0.3 is 10.6 Å². The molecule has 3 nitrogen and oxygen atoms in total. The van der Waals surface area contributed by atoms with Crippen LogP contribution < -0.4 is 10.6 Å². The maximum atomic E-state index is 13.2. The van der Waals surface area contributed by atoms with Crippen LogP contribution in [0.5, 0.6) is 0 Å². The van der Waals surface area contributed by atoms with Crippen LogP contribution in [-0.2, 0) is 6.54 Å². The van der Waals surface area contributed by atoms with E-state index in [4.69, 9.17) is 47.0 Å². The number of hydrogen-bond donors (Lipinski definition) is 2. The Hall–Kier alpha value is -1.14. The summed E-state index contributed by atoms with van der Waals surface area (Å²) in [6.45, 7) is 0.394. The van der Waals surface area contributed by atoms with Crippen molar-refractivity contribution in [1.29, 1.82) is 0 Å². The topological polar surface area (TPSA) is 37.0 Å². The van der Waals surface area contributed by atoms with Crippen molar-refractivity contribution in [3.05, 3.63) is 57.0 Å². The number of anilines is 1. The number of aromatic nitrogens is 1. The van der Waals surface area contributed by atoms with Gasteiger partial charge >= 0.3 is 0 Å². The van der Waals surface area contributed by atoms with Gasteiger partial charge in [-0.2, -0.15) is 0 Å². The normalized spacial score (nSPS) is 10.3. The first kappa shape index (κ1) is 16.2. The highest BCUT2D eigenvalue weighted by Crippen LogP contribution is 2.32. The third-order valence-corrected chi connectivity index (χ3v) is 4.00. The molecule has 0 amide bonds. The fourth-order valence-corrected chi connectivity index (χ4v) is 2.25. The van der Waals surface area contributed by atoms with Gasteiger partial charge in [-0.15, -0.1) is 0 Å². The van der Waals surface area contributed by atoms with Crippen LogP contribution in [0.25, 0.3) is 0 Å².